The molecular weight excluding hydrogens is 284 g/mol. The molecule has 4 nitrogen and oxygen atoms in total. The van der Waals surface area contributed by atoms with Crippen molar-refractivity contribution in [3.63, 3.8) is 0 Å². The monoisotopic (exact) mass is 302 g/mol. The van der Waals surface area contributed by atoms with Crippen molar-refractivity contribution in [3.05, 3.63) is 52.6 Å². The predicted octanol–water partition coefficient (Wildman–Crippen LogP) is 3.98. The summed E-state index contributed by atoms with van der Waals surface area (Å²) >= 11 is 0. The van der Waals surface area contributed by atoms with Gasteiger partial charge in [0, 0.05) is 12.7 Å². The molecule has 0 N–H and O–H groups in total. The fourth-order valence-electron chi connectivity index (χ4n) is 3.34. The molecule has 2 aromatic rings. The normalized spacial score (nSPS) is 16.0. The second-order valence-corrected chi connectivity index (χ2v) is 6.04. The zero-order valence-electron chi connectivity index (χ0n) is 13.8. The Kier molecular flexibility index (Phi) is 3.47. The fourth-order valence-corrected chi connectivity index (χ4v) is 3.34. The summed E-state index contributed by atoms with van der Waals surface area (Å²) in [5, 5.41) is 18.8. The zero-order chi connectivity index (χ0) is 16.7. The Labute approximate surface area is 136 Å². The summed E-state index contributed by atoms with van der Waals surface area (Å²) in [5.41, 5.74) is 6.20. The standard InChI is InChI=1S/C19H18N4/c1-12-7-13(2)9-16(8-12)23-14(3)22(4)19-17(11-21)15(10-20)5-6-18(19)23/h5-9,14H,1-4H3/t14-/m0/s1. The van der Waals surface area contributed by atoms with Crippen molar-refractivity contribution in [2.24, 2.45) is 0 Å². The second-order valence-electron chi connectivity index (χ2n) is 6.04. The largest absolute Gasteiger partial charge is 0.351 e. The first kappa shape index (κ1) is 14.9. The van der Waals surface area contributed by atoms with Gasteiger partial charge in [0.1, 0.15) is 18.3 Å². The molecule has 0 bridgehead atoms. The van der Waals surface area contributed by atoms with Crippen LogP contribution in [-0.4, -0.2) is 13.2 Å². The molecule has 114 valence electrons. The van der Waals surface area contributed by atoms with E-state index in [0.717, 1.165) is 17.1 Å². The van der Waals surface area contributed by atoms with Crippen LogP contribution in [0.2, 0.25) is 0 Å². The van der Waals surface area contributed by atoms with Gasteiger partial charge in [0.2, 0.25) is 0 Å². The van der Waals surface area contributed by atoms with Crippen LogP contribution >= 0.6 is 0 Å². The molecule has 1 aliphatic rings. The fraction of sp³-hybridized carbons (Fsp3) is 0.263. The number of hydrogen-bond donors (Lipinski definition) is 0. The number of aryl methyl sites for hydroxylation is 2. The summed E-state index contributed by atoms with van der Waals surface area (Å²) in [5.74, 6) is 0. The Morgan fingerprint density at radius 2 is 1.65 bits per heavy atom. The average Bonchev–Trinajstić information content (AvgIpc) is 2.77. The van der Waals surface area contributed by atoms with Crippen LogP contribution in [0.25, 0.3) is 0 Å². The summed E-state index contributed by atoms with van der Waals surface area (Å²) < 4.78 is 0. The number of nitrogens with zero attached hydrogens (tertiary/aromatic N) is 4. The number of rotatable bonds is 1. The first-order chi connectivity index (χ1) is 11.0. The molecule has 0 radical (unpaired) electrons. The highest BCUT2D eigenvalue weighted by Crippen LogP contribution is 2.46. The van der Waals surface area contributed by atoms with Crippen molar-refractivity contribution in [2.45, 2.75) is 26.9 Å². The summed E-state index contributed by atoms with van der Waals surface area (Å²) in [6.45, 7) is 6.27. The van der Waals surface area contributed by atoms with Gasteiger partial charge in [0.15, 0.2) is 0 Å². The molecule has 4 heteroatoms. The van der Waals surface area contributed by atoms with Crippen molar-refractivity contribution < 1.29 is 0 Å². The van der Waals surface area contributed by atoms with Crippen molar-refractivity contribution in [1.82, 2.24) is 0 Å². The molecule has 1 heterocycles. The van der Waals surface area contributed by atoms with E-state index in [4.69, 9.17) is 0 Å². The lowest BCUT2D eigenvalue weighted by Gasteiger charge is -2.28. The first-order valence-electron chi connectivity index (χ1n) is 7.55. The van der Waals surface area contributed by atoms with Gasteiger partial charge in [0.05, 0.1) is 22.5 Å². The Hall–Kier alpha value is -2.98. The Balaban J connectivity index is 2.25. The lowest BCUT2D eigenvalue weighted by molar-refractivity contribution is 0.733. The van der Waals surface area contributed by atoms with Crippen LogP contribution < -0.4 is 9.80 Å². The number of anilines is 3. The van der Waals surface area contributed by atoms with Crippen LogP contribution in [0.5, 0.6) is 0 Å². The van der Waals surface area contributed by atoms with Crippen molar-refractivity contribution in [1.29, 1.82) is 10.5 Å². The van der Waals surface area contributed by atoms with Gasteiger partial charge in [-0.05, 0) is 56.2 Å². The Morgan fingerprint density at radius 3 is 2.22 bits per heavy atom. The minimum atomic E-state index is 0.0762. The van der Waals surface area contributed by atoms with Crippen LogP contribution in [0.3, 0.4) is 0 Å². The average molecular weight is 302 g/mol. The van der Waals surface area contributed by atoms with Crippen LogP contribution in [0.4, 0.5) is 17.1 Å². The summed E-state index contributed by atoms with van der Waals surface area (Å²) in [6, 6.07) is 14.4. The molecule has 3 rings (SSSR count). The van der Waals surface area contributed by atoms with E-state index in [0.29, 0.717) is 11.1 Å². The zero-order valence-corrected chi connectivity index (χ0v) is 13.8. The van der Waals surface area contributed by atoms with E-state index < -0.39 is 0 Å². The lowest BCUT2D eigenvalue weighted by atomic mass is 10.0. The van der Waals surface area contributed by atoms with E-state index in [1.807, 2.05) is 13.1 Å². The van der Waals surface area contributed by atoms with Crippen molar-refractivity contribution in [3.8, 4) is 12.1 Å². The molecule has 0 unspecified atom stereocenters. The maximum atomic E-state index is 9.52. The van der Waals surface area contributed by atoms with Crippen LogP contribution in [0, 0.1) is 36.5 Å². The third kappa shape index (κ3) is 2.20. The number of fused-ring (bicyclic) bond motifs is 1. The van der Waals surface area contributed by atoms with Gasteiger partial charge < -0.3 is 9.80 Å². The molecule has 0 fully saturated rings. The molecule has 0 saturated carbocycles. The Morgan fingerprint density at radius 1 is 1.00 bits per heavy atom. The molecule has 1 aliphatic heterocycles. The van der Waals surface area contributed by atoms with Gasteiger partial charge in [-0.25, -0.2) is 0 Å². The predicted molar refractivity (Wildman–Crippen MR) is 91.8 cm³/mol. The van der Waals surface area contributed by atoms with Gasteiger partial charge in [-0.2, -0.15) is 10.5 Å². The molecule has 2 aromatic carbocycles. The van der Waals surface area contributed by atoms with Gasteiger partial charge in [-0.3, -0.25) is 0 Å². The van der Waals surface area contributed by atoms with Gasteiger partial charge in [0.25, 0.3) is 0 Å². The molecule has 0 spiro atoms. The molecule has 0 amide bonds. The van der Waals surface area contributed by atoms with E-state index >= 15 is 0 Å². The van der Waals surface area contributed by atoms with Crippen LogP contribution in [-0.2, 0) is 0 Å². The highest BCUT2D eigenvalue weighted by atomic mass is 15.4. The number of nitriles is 2. The van der Waals surface area contributed by atoms with E-state index in [1.165, 1.54) is 11.1 Å². The third-order valence-corrected chi connectivity index (χ3v) is 4.42. The molecule has 1 atom stereocenters. The highest BCUT2D eigenvalue weighted by molar-refractivity contribution is 5.89. The van der Waals surface area contributed by atoms with E-state index in [9.17, 15) is 10.5 Å². The third-order valence-electron chi connectivity index (χ3n) is 4.42. The molecule has 0 aliphatic carbocycles. The first-order valence-corrected chi connectivity index (χ1v) is 7.55. The minimum absolute atomic E-state index is 0.0762. The topological polar surface area (TPSA) is 54.1 Å². The van der Waals surface area contributed by atoms with Crippen LogP contribution in [0.1, 0.15) is 29.2 Å². The smallest absolute Gasteiger partial charge is 0.103 e. The Bertz CT molecular complexity index is 850. The second kappa shape index (κ2) is 5.34. The maximum absolute atomic E-state index is 9.52. The number of hydrogen-bond acceptors (Lipinski definition) is 4. The van der Waals surface area contributed by atoms with E-state index in [2.05, 4.69) is 60.9 Å². The molecular formula is C19H18N4. The molecule has 0 aromatic heterocycles. The van der Waals surface area contributed by atoms with Gasteiger partial charge in [-0.1, -0.05) is 6.07 Å². The molecule has 0 saturated heterocycles. The SMILES string of the molecule is Cc1cc(C)cc(N2c3ccc(C#N)c(C#N)c3N(C)[C@@H]2C)c1. The lowest BCUT2D eigenvalue weighted by Crippen LogP contribution is -2.35. The van der Waals surface area contributed by atoms with Crippen LogP contribution in [0.15, 0.2) is 30.3 Å². The van der Waals surface area contributed by atoms with Gasteiger partial charge >= 0.3 is 0 Å². The summed E-state index contributed by atoms with van der Waals surface area (Å²) in [7, 11) is 1.97. The minimum Gasteiger partial charge on any atom is -0.351 e. The number of benzene rings is 2. The van der Waals surface area contributed by atoms with E-state index in [1.54, 1.807) is 6.07 Å². The summed E-state index contributed by atoms with van der Waals surface area (Å²) in [6.07, 6.45) is 0.0762. The van der Waals surface area contributed by atoms with E-state index in [-0.39, 0.29) is 6.17 Å². The maximum Gasteiger partial charge on any atom is 0.103 e. The molecule has 23 heavy (non-hydrogen) atoms. The summed E-state index contributed by atoms with van der Waals surface area (Å²) in [4.78, 5) is 4.28. The highest BCUT2D eigenvalue weighted by Gasteiger charge is 2.34. The van der Waals surface area contributed by atoms with Crippen molar-refractivity contribution >= 4 is 17.1 Å². The van der Waals surface area contributed by atoms with Gasteiger partial charge in [-0.15, -0.1) is 0 Å². The quantitative estimate of drug-likeness (QED) is 0.799. The van der Waals surface area contributed by atoms with Crippen molar-refractivity contribution in [2.75, 3.05) is 16.8 Å².